The van der Waals surface area contributed by atoms with Crippen LogP contribution in [0.3, 0.4) is 0 Å². The van der Waals surface area contributed by atoms with Crippen LogP contribution in [-0.2, 0) is 0 Å². The summed E-state index contributed by atoms with van der Waals surface area (Å²) >= 11 is 1.76. The Morgan fingerprint density at radius 2 is 1.06 bits per heavy atom. The van der Waals surface area contributed by atoms with E-state index in [1.807, 2.05) is 36.4 Å². The number of para-hydroxylation sites is 2. The Bertz CT molecular complexity index is 409. The van der Waals surface area contributed by atoms with Gasteiger partial charge in [-0.25, -0.2) is 0 Å². The molecule has 0 amide bonds. The predicted molar refractivity (Wildman–Crippen MR) is 62.8 cm³/mol. The first-order valence-electron chi connectivity index (χ1n) is 4.47. The molecule has 0 atom stereocenters. The molecular weight excluding hydrogens is 326 g/mol. The molecule has 18 heavy (non-hydrogen) atoms. The normalized spacial score (nSPS) is 9.78. The number of halogens is 3. The smallest absolute Gasteiger partial charge is 1.00 e. The minimum absolute atomic E-state index is 0. The molecule has 2 aromatic rings. The predicted octanol–water partition coefficient (Wildman–Crippen LogP) is -5.43. The van der Waals surface area contributed by atoms with Crippen LogP contribution < -0.4 is 42.0 Å². The zero-order chi connectivity index (χ0) is 9.38. The van der Waals surface area contributed by atoms with Crippen LogP contribution in [0.1, 0.15) is 0 Å². The van der Waals surface area contributed by atoms with Crippen LogP contribution >= 0.6 is 11.8 Å². The van der Waals surface area contributed by atoms with Gasteiger partial charge in [0.2, 0.25) is 0 Å². The summed E-state index contributed by atoms with van der Waals surface area (Å²) in [6.07, 6.45) is 0. The van der Waals surface area contributed by atoms with Crippen molar-refractivity contribution in [2.45, 2.75) is 9.79 Å². The van der Waals surface area contributed by atoms with E-state index >= 15 is 0 Å². The molecule has 0 saturated heterocycles. The molecule has 6 heteroatoms. The zero-order valence-corrected chi connectivity index (χ0v) is 13.4. The van der Waals surface area contributed by atoms with Crippen molar-refractivity contribution < 1.29 is 42.0 Å². The molecule has 0 saturated carbocycles. The molecule has 0 unspecified atom stereocenters. The van der Waals surface area contributed by atoms with E-state index < -0.39 is 0 Å². The number of hydrogen-bond donors (Lipinski definition) is 0. The summed E-state index contributed by atoms with van der Waals surface area (Å²) in [5, 5.41) is 0. The van der Waals surface area contributed by atoms with Crippen LogP contribution in [0.25, 0.3) is 0 Å². The van der Waals surface area contributed by atoms with Crippen molar-refractivity contribution in [3.63, 3.8) is 0 Å². The summed E-state index contributed by atoms with van der Waals surface area (Å²) in [6, 6.07) is 16.2. The van der Waals surface area contributed by atoms with Gasteiger partial charge in [-0.05, 0) is 24.3 Å². The van der Waals surface area contributed by atoms with E-state index in [-0.39, 0.29) is 54.6 Å². The molecule has 1 aliphatic rings. The van der Waals surface area contributed by atoms with Crippen LogP contribution in [0.2, 0.25) is 0 Å². The third-order valence-electron chi connectivity index (χ3n) is 2.14. The third kappa shape index (κ3) is 4.00. The molecule has 0 bridgehead atoms. The van der Waals surface area contributed by atoms with Crippen LogP contribution in [0.15, 0.2) is 58.3 Å². The topological polar surface area (TPSA) is 9.23 Å². The van der Waals surface area contributed by atoms with Gasteiger partial charge in [0.05, 0.1) is 9.79 Å². The van der Waals surface area contributed by atoms with Crippen LogP contribution in [0.5, 0.6) is 11.5 Å². The Morgan fingerprint density at radius 1 is 0.667 bits per heavy atom. The molecule has 0 N–H and O–H groups in total. The number of ether oxygens (including phenoxy) is 1. The van der Waals surface area contributed by atoms with Gasteiger partial charge in [-0.1, -0.05) is 36.0 Å². The summed E-state index contributed by atoms with van der Waals surface area (Å²) < 4.78 is 5.76. The number of fused-ring (bicyclic) bond motifs is 2. The maximum Gasteiger partial charge on any atom is 3.00 e. The van der Waals surface area contributed by atoms with Gasteiger partial charge >= 0.3 is 17.4 Å². The molecule has 1 heterocycles. The second-order valence-corrected chi connectivity index (χ2v) is 4.18. The average molecular weight is 334 g/mol. The van der Waals surface area contributed by atoms with Gasteiger partial charge in [0.15, 0.2) is 0 Å². The Balaban J connectivity index is 0. The summed E-state index contributed by atoms with van der Waals surface area (Å²) in [5.41, 5.74) is 0. The van der Waals surface area contributed by atoms with Crippen molar-refractivity contribution in [2.75, 3.05) is 0 Å². The van der Waals surface area contributed by atoms with E-state index in [1.54, 1.807) is 11.8 Å². The van der Waals surface area contributed by atoms with Gasteiger partial charge in [-0.3, -0.25) is 0 Å². The molecule has 3 rings (SSSR count). The van der Waals surface area contributed by atoms with Crippen LogP contribution in [0, 0.1) is 0 Å². The monoisotopic (exact) mass is 332 g/mol. The minimum atomic E-state index is 0. The molecule has 0 fully saturated rings. The molecule has 2 aromatic carbocycles. The van der Waals surface area contributed by atoms with E-state index in [9.17, 15) is 0 Å². The van der Waals surface area contributed by atoms with Crippen molar-refractivity contribution in [3.8, 4) is 11.5 Å². The second-order valence-electron chi connectivity index (χ2n) is 3.10. The Morgan fingerprint density at radius 3 is 1.50 bits per heavy atom. The van der Waals surface area contributed by atoms with E-state index in [4.69, 9.17) is 4.74 Å². The number of benzene rings is 2. The number of hydrogen-bond acceptors (Lipinski definition) is 2. The molecule has 0 spiro atoms. The van der Waals surface area contributed by atoms with Crippen molar-refractivity contribution >= 4 is 29.1 Å². The fraction of sp³-hybridized carbons (Fsp3) is 0. The van der Waals surface area contributed by atoms with Crippen molar-refractivity contribution in [2.24, 2.45) is 0 Å². The van der Waals surface area contributed by atoms with E-state index in [0.717, 1.165) is 11.5 Å². The maximum atomic E-state index is 5.76. The largest absolute Gasteiger partial charge is 3.00 e. The maximum absolute atomic E-state index is 5.76. The van der Waals surface area contributed by atoms with Crippen LogP contribution in [0.4, 0.5) is 0 Å². The van der Waals surface area contributed by atoms with Gasteiger partial charge < -0.3 is 42.0 Å². The summed E-state index contributed by atoms with van der Waals surface area (Å²) in [4.78, 5) is 2.37. The summed E-state index contributed by atoms with van der Waals surface area (Å²) in [6.45, 7) is 0. The molecule has 0 aliphatic carbocycles. The fourth-order valence-electron chi connectivity index (χ4n) is 1.47. The molecule has 92 valence electrons. The minimum Gasteiger partial charge on any atom is -1.00 e. The standard InChI is InChI=1S/C12H8OS.Al.3ClH/c1-3-7-11-9(5-1)13-10-6-2-4-8-12(10)14-11;;;;/h1-8H;;3*1H/q;+3;;;/p-3. The zero-order valence-electron chi connectivity index (χ0n) is 9.15. The first-order chi connectivity index (χ1) is 6.93. The first-order valence-corrected chi connectivity index (χ1v) is 5.29. The second kappa shape index (κ2) is 8.99. The van der Waals surface area contributed by atoms with Gasteiger partial charge in [0.25, 0.3) is 0 Å². The quantitative estimate of drug-likeness (QED) is 0.380. The third-order valence-corrected chi connectivity index (χ3v) is 3.25. The molecule has 0 radical (unpaired) electrons. The average Bonchev–Trinajstić information content (AvgIpc) is 2.26. The van der Waals surface area contributed by atoms with E-state index in [0.29, 0.717) is 0 Å². The molecule has 1 aliphatic heterocycles. The van der Waals surface area contributed by atoms with E-state index in [1.165, 1.54) is 9.79 Å². The Hall–Kier alpha value is -0.00753. The fourth-order valence-corrected chi connectivity index (χ4v) is 2.43. The van der Waals surface area contributed by atoms with Gasteiger partial charge in [-0.2, -0.15) is 0 Å². The first kappa shape index (κ1) is 20.3. The Labute approximate surface area is 140 Å². The molecule has 0 aromatic heterocycles. The van der Waals surface area contributed by atoms with Crippen molar-refractivity contribution in [1.29, 1.82) is 0 Å². The molecular formula is C12H8AlCl3OS. The van der Waals surface area contributed by atoms with Gasteiger partial charge in [0, 0.05) is 0 Å². The van der Waals surface area contributed by atoms with Crippen LogP contribution in [-0.4, -0.2) is 17.4 Å². The SMILES string of the molecule is [Al+3].[Cl-].[Cl-].[Cl-].c1ccc2c(c1)Oc1ccccc1S2. The van der Waals surface area contributed by atoms with E-state index in [2.05, 4.69) is 12.1 Å². The molecule has 1 nitrogen and oxygen atoms in total. The Kier molecular flexibility index (Phi) is 10.1. The summed E-state index contributed by atoms with van der Waals surface area (Å²) in [7, 11) is 0. The van der Waals surface area contributed by atoms with Crippen molar-refractivity contribution in [1.82, 2.24) is 0 Å². The number of rotatable bonds is 0. The summed E-state index contributed by atoms with van der Waals surface area (Å²) in [5.74, 6) is 1.91. The van der Waals surface area contributed by atoms with Crippen molar-refractivity contribution in [3.05, 3.63) is 48.5 Å². The van der Waals surface area contributed by atoms with Gasteiger partial charge in [-0.15, -0.1) is 0 Å². The van der Waals surface area contributed by atoms with Gasteiger partial charge in [0.1, 0.15) is 11.5 Å².